The fourth-order valence-electron chi connectivity index (χ4n) is 1.91. The fourth-order valence-corrected chi connectivity index (χ4v) is 1.91. The van der Waals surface area contributed by atoms with Crippen LogP contribution in [-0.4, -0.2) is 61.6 Å². The molecule has 24 heavy (non-hydrogen) atoms. The second-order valence-electron chi connectivity index (χ2n) is 5.30. The third-order valence-electron chi connectivity index (χ3n) is 3.78. The Morgan fingerprint density at radius 2 is 1.54 bits per heavy atom. The maximum atomic E-state index is 11.3. The van der Waals surface area contributed by atoms with Crippen LogP contribution in [0.1, 0.15) is 34.1 Å². The van der Waals surface area contributed by atoms with Crippen molar-refractivity contribution < 1.29 is 35.4 Å². The first kappa shape index (κ1) is 25.1. The van der Waals surface area contributed by atoms with Crippen molar-refractivity contribution in [3.63, 3.8) is 0 Å². The van der Waals surface area contributed by atoms with Gasteiger partial charge in [-0.1, -0.05) is 6.58 Å². The molecule has 144 valence electrons. The molecule has 0 saturated carbocycles. The van der Waals surface area contributed by atoms with Crippen molar-refractivity contribution in [2.75, 3.05) is 32.7 Å². The van der Waals surface area contributed by atoms with Crippen molar-refractivity contribution in [1.82, 2.24) is 5.32 Å². The first-order chi connectivity index (χ1) is 10.8. The number of nitrogens with one attached hydrogen (secondary N) is 1. The van der Waals surface area contributed by atoms with E-state index in [2.05, 4.69) is 32.7 Å². The van der Waals surface area contributed by atoms with Gasteiger partial charge >= 0.3 is 5.51 Å². The van der Waals surface area contributed by atoms with E-state index in [1.54, 1.807) is 6.92 Å². The van der Waals surface area contributed by atoms with Crippen molar-refractivity contribution in [3.8, 4) is 0 Å². The second kappa shape index (κ2) is 10.7. The van der Waals surface area contributed by atoms with Crippen LogP contribution in [0, 0.1) is 0 Å². The Kier molecular flexibility index (Phi) is 11.2. The zero-order chi connectivity index (χ0) is 19.6. The van der Waals surface area contributed by atoms with E-state index < -0.39 is 15.6 Å². The number of halogens is 3. The summed E-state index contributed by atoms with van der Waals surface area (Å²) in [7, 11) is -6.09. The normalized spacial score (nSPS) is 12.2. The molecule has 0 bridgehead atoms. The Morgan fingerprint density at radius 1 is 1.17 bits per heavy atom. The predicted molar refractivity (Wildman–Crippen MR) is 84.9 cm³/mol. The predicted octanol–water partition coefficient (Wildman–Crippen LogP) is 2.00. The van der Waals surface area contributed by atoms with E-state index in [0.29, 0.717) is 5.57 Å². The van der Waals surface area contributed by atoms with Crippen LogP contribution in [0.4, 0.5) is 13.2 Å². The monoisotopic (exact) mass is 376 g/mol. The van der Waals surface area contributed by atoms with Gasteiger partial charge in [0.2, 0.25) is 5.91 Å². The van der Waals surface area contributed by atoms with Crippen LogP contribution in [0.25, 0.3) is 0 Å². The van der Waals surface area contributed by atoms with Gasteiger partial charge in [0.05, 0.1) is 26.2 Å². The number of hydrogen-bond donors (Lipinski definition) is 1. The quantitative estimate of drug-likeness (QED) is 0.231. The molecule has 0 aromatic rings. The van der Waals surface area contributed by atoms with Gasteiger partial charge in [-0.3, -0.25) is 4.79 Å². The molecule has 0 aliphatic carbocycles. The number of amides is 1. The van der Waals surface area contributed by atoms with Crippen LogP contribution in [0.2, 0.25) is 0 Å². The van der Waals surface area contributed by atoms with Crippen LogP contribution in [0.15, 0.2) is 12.2 Å². The summed E-state index contributed by atoms with van der Waals surface area (Å²) in [5, 5.41) is 2.88. The molecule has 0 fully saturated rings. The van der Waals surface area contributed by atoms with E-state index in [1.165, 1.54) is 19.6 Å². The number of carbonyl (C=O) groups excluding carboxylic acids is 1. The Bertz CT molecular complexity index is 492. The zero-order valence-electron chi connectivity index (χ0n) is 14.6. The molecular weight excluding hydrogens is 349 g/mol. The summed E-state index contributed by atoms with van der Waals surface area (Å²) in [6.07, 6.45) is 1.04. The Balaban J connectivity index is 0. The first-order valence-corrected chi connectivity index (χ1v) is 8.98. The summed E-state index contributed by atoms with van der Waals surface area (Å²) >= 11 is 0. The molecule has 0 aromatic carbocycles. The Morgan fingerprint density at radius 3 is 1.79 bits per heavy atom. The lowest BCUT2D eigenvalue weighted by Gasteiger charge is -2.35. The molecule has 0 aromatic heterocycles. The minimum Gasteiger partial charge on any atom is -0.741 e. The van der Waals surface area contributed by atoms with Crippen LogP contribution < -0.4 is 5.32 Å². The highest BCUT2D eigenvalue weighted by atomic mass is 32.2. The standard InChI is InChI=1S/C13H26N2O.CHF3O3S/c1-6-15(7-2,8-3)11-9-10-14-13(16)12(4)5;2-1(3,4)8(5,6)7/h4,6-11H2,1-3,5H3;(H,5,6,7). The maximum Gasteiger partial charge on any atom is 0.485 e. The highest BCUT2D eigenvalue weighted by molar-refractivity contribution is 7.86. The van der Waals surface area contributed by atoms with Crippen LogP contribution in [0.5, 0.6) is 0 Å². The number of rotatable bonds is 8. The van der Waals surface area contributed by atoms with Gasteiger partial charge in [-0.25, -0.2) is 8.42 Å². The van der Waals surface area contributed by atoms with E-state index >= 15 is 0 Å². The summed E-state index contributed by atoms with van der Waals surface area (Å²) in [6, 6.07) is 0. The highest BCUT2D eigenvalue weighted by Crippen LogP contribution is 2.20. The molecule has 0 atom stereocenters. The third-order valence-corrected chi connectivity index (χ3v) is 4.35. The van der Waals surface area contributed by atoms with E-state index in [9.17, 15) is 18.0 Å². The summed E-state index contributed by atoms with van der Waals surface area (Å²) < 4.78 is 60.0. The molecule has 0 rings (SSSR count). The molecule has 1 N–H and O–H groups in total. The number of nitrogens with zero attached hydrogens (tertiary/aromatic N) is 1. The molecule has 6 nitrogen and oxygen atoms in total. The molecule has 1 amide bonds. The molecular formula is C14H27F3N2O4S. The lowest BCUT2D eigenvalue weighted by molar-refractivity contribution is -0.923. The molecule has 0 aliphatic heterocycles. The minimum absolute atomic E-state index is 0.0254. The highest BCUT2D eigenvalue weighted by Gasteiger charge is 2.36. The lowest BCUT2D eigenvalue weighted by Crippen LogP contribution is -2.48. The van der Waals surface area contributed by atoms with E-state index in [1.807, 2.05) is 0 Å². The van der Waals surface area contributed by atoms with Crippen LogP contribution >= 0.6 is 0 Å². The average molecular weight is 376 g/mol. The summed E-state index contributed by atoms with van der Waals surface area (Å²) in [6.45, 7) is 17.5. The van der Waals surface area contributed by atoms with E-state index in [-0.39, 0.29) is 5.91 Å². The third kappa shape index (κ3) is 9.89. The van der Waals surface area contributed by atoms with Gasteiger partial charge in [-0.15, -0.1) is 0 Å². The maximum absolute atomic E-state index is 11.3. The molecule has 0 aliphatic rings. The average Bonchev–Trinajstić information content (AvgIpc) is 2.46. The van der Waals surface area contributed by atoms with Gasteiger partial charge in [0.15, 0.2) is 10.1 Å². The number of hydrogen-bond acceptors (Lipinski definition) is 4. The van der Waals surface area contributed by atoms with Crippen LogP contribution in [0.3, 0.4) is 0 Å². The number of alkyl halides is 3. The molecule has 0 heterocycles. The van der Waals surface area contributed by atoms with Gasteiger partial charge in [0.1, 0.15) is 0 Å². The summed E-state index contributed by atoms with van der Waals surface area (Å²) in [5.74, 6) is -0.0254. The van der Waals surface area contributed by atoms with Crippen molar-refractivity contribution >= 4 is 16.0 Å². The molecule has 0 unspecified atom stereocenters. The number of carbonyl (C=O) groups is 1. The van der Waals surface area contributed by atoms with Crippen LogP contribution in [-0.2, 0) is 14.9 Å². The van der Waals surface area contributed by atoms with Crippen molar-refractivity contribution in [2.45, 2.75) is 39.6 Å². The molecule has 0 spiro atoms. The SMILES string of the molecule is C=C(C)C(=O)NCCC[N+](CC)(CC)CC.O=S(=O)([O-])C(F)(F)F. The lowest BCUT2D eigenvalue weighted by atomic mass is 10.2. The van der Waals surface area contributed by atoms with E-state index in [4.69, 9.17) is 13.0 Å². The van der Waals surface area contributed by atoms with Crippen molar-refractivity contribution in [1.29, 1.82) is 0 Å². The smallest absolute Gasteiger partial charge is 0.485 e. The van der Waals surface area contributed by atoms with Gasteiger partial charge < -0.3 is 14.4 Å². The van der Waals surface area contributed by atoms with Crippen molar-refractivity contribution in [2.24, 2.45) is 0 Å². The summed E-state index contributed by atoms with van der Waals surface area (Å²) in [5.41, 5.74) is -5.06. The van der Waals surface area contributed by atoms with Gasteiger partial charge in [0.25, 0.3) is 0 Å². The van der Waals surface area contributed by atoms with Gasteiger partial charge in [0, 0.05) is 18.5 Å². The minimum atomic E-state index is -6.09. The largest absolute Gasteiger partial charge is 0.741 e. The molecule has 0 radical (unpaired) electrons. The van der Waals surface area contributed by atoms with Gasteiger partial charge in [-0.2, -0.15) is 13.2 Å². The van der Waals surface area contributed by atoms with Gasteiger partial charge in [-0.05, 0) is 27.7 Å². The zero-order valence-corrected chi connectivity index (χ0v) is 15.4. The topological polar surface area (TPSA) is 86.3 Å². The Labute approximate surface area is 142 Å². The molecule has 0 saturated heterocycles. The van der Waals surface area contributed by atoms with Crippen molar-refractivity contribution in [3.05, 3.63) is 12.2 Å². The Hall–Kier alpha value is -1.13. The first-order valence-electron chi connectivity index (χ1n) is 7.57. The second-order valence-corrected chi connectivity index (χ2v) is 6.67. The molecule has 10 heteroatoms. The van der Waals surface area contributed by atoms with E-state index in [0.717, 1.165) is 24.0 Å². The summed E-state index contributed by atoms with van der Waals surface area (Å²) in [4.78, 5) is 11.3. The number of quaternary nitrogens is 1. The fraction of sp³-hybridized carbons (Fsp3) is 0.786.